The van der Waals surface area contributed by atoms with Crippen molar-refractivity contribution >= 4 is 51.6 Å². The van der Waals surface area contributed by atoms with E-state index in [1.807, 2.05) is 54.6 Å². The molecule has 0 spiro atoms. The number of ether oxygens (including phenoxy) is 2. The van der Waals surface area contributed by atoms with Crippen LogP contribution in [0.3, 0.4) is 0 Å². The molecule has 0 radical (unpaired) electrons. The third kappa shape index (κ3) is 6.64. The highest BCUT2D eigenvalue weighted by molar-refractivity contribution is 8.00. The summed E-state index contributed by atoms with van der Waals surface area (Å²) in [4.78, 5) is 41.3. The summed E-state index contributed by atoms with van der Waals surface area (Å²) in [6, 6.07) is 23.8. The van der Waals surface area contributed by atoms with Crippen molar-refractivity contribution in [3.8, 4) is 5.75 Å². The van der Waals surface area contributed by atoms with Gasteiger partial charge in [-0.25, -0.2) is 4.79 Å². The molecule has 4 aromatic rings. The number of nitrogens with one attached hydrogen (secondary N) is 2. The summed E-state index contributed by atoms with van der Waals surface area (Å²) >= 11 is 2.84. The van der Waals surface area contributed by atoms with Crippen molar-refractivity contribution in [3.63, 3.8) is 0 Å². The molecular formula is C32H30N2O5S2. The molecule has 0 saturated heterocycles. The Hall–Kier alpha value is -4.08. The van der Waals surface area contributed by atoms with Gasteiger partial charge in [-0.05, 0) is 79.3 Å². The largest absolute Gasteiger partial charge is 0.497 e. The molecule has 1 atom stereocenters. The van der Waals surface area contributed by atoms with Gasteiger partial charge in [-0.15, -0.1) is 23.1 Å². The van der Waals surface area contributed by atoms with Crippen molar-refractivity contribution in [2.24, 2.45) is 0 Å². The van der Waals surface area contributed by atoms with Crippen LogP contribution >= 0.6 is 23.1 Å². The molecule has 41 heavy (non-hydrogen) atoms. The molecule has 0 saturated carbocycles. The van der Waals surface area contributed by atoms with Crippen LogP contribution in [0.25, 0.3) is 0 Å². The van der Waals surface area contributed by atoms with Gasteiger partial charge < -0.3 is 20.1 Å². The lowest BCUT2D eigenvalue weighted by molar-refractivity contribution is -0.115. The number of anilines is 2. The van der Waals surface area contributed by atoms with Gasteiger partial charge in [0, 0.05) is 21.0 Å². The molecule has 1 aliphatic rings. The smallest absolute Gasteiger partial charge is 0.341 e. The van der Waals surface area contributed by atoms with Gasteiger partial charge in [-0.2, -0.15) is 0 Å². The van der Waals surface area contributed by atoms with Crippen LogP contribution in [-0.2, 0) is 22.4 Å². The maximum Gasteiger partial charge on any atom is 0.341 e. The fraction of sp³-hybridized carbons (Fsp3) is 0.219. The van der Waals surface area contributed by atoms with Crippen LogP contribution < -0.4 is 15.4 Å². The second kappa shape index (κ2) is 13.1. The number of aryl methyl sites for hydroxylation is 1. The fourth-order valence-electron chi connectivity index (χ4n) is 4.78. The molecule has 2 N–H and O–H groups in total. The van der Waals surface area contributed by atoms with E-state index in [0.717, 1.165) is 46.6 Å². The Morgan fingerprint density at radius 2 is 1.63 bits per heavy atom. The van der Waals surface area contributed by atoms with Crippen molar-refractivity contribution < 1.29 is 23.9 Å². The SMILES string of the molecule is COC(=O)c1c(NC(=O)C(Sc2cccc(NC(=O)c3ccc(OC)cc3)c2)c2ccccc2)sc2c1CCCC2. The van der Waals surface area contributed by atoms with E-state index in [9.17, 15) is 14.4 Å². The first kappa shape index (κ1) is 28.4. The minimum Gasteiger partial charge on any atom is -0.497 e. The summed E-state index contributed by atoms with van der Waals surface area (Å²) in [5.74, 6) is -0.239. The molecule has 0 fully saturated rings. The fourth-order valence-corrected chi connectivity index (χ4v) is 7.14. The average Bonchev–Trinajstić information content (AvgIpc) is 3.37. The summed E-state index contributed by atoms with van der Waals surface area (Å²) in [5, 5.41) is 5.92. The Morgan fingerprint density at radius 3 is 2.37 bits per heavy atom. The number of thiophene rings is 1. The Bertz CT molecular complexity index is 1550. The van der Waals surface area contributed by atoms with Crippen molar-refractivity contribution in [1.82, 2.24) is 0 Å². The molecule has 1 aliphatic carbocycles. The third-order valence-corrected chi connectivity index (χ3v) is 9.29. The highest BCUT2D eigenvalue weighted by atomic mass is 32.2. The van der Waals surface area contributed by atoms with E-state index in [4.69, 9.17) is 9.47 Å². The van der Waals surface area contributed by atoms with Crippen LogP contribution in [0.15, 0.2) is 83.8 Å². The van der Waals surface area contributed by atoms with E-state index in [1.165, 1.54) is 30.2 Å². The maximum absolute atomic E-state index is 13.8. The van der Waals surface area contributed by atoms with E-state index in [2.05, 4.69) is 10.6 Å². The van der Waals surface area contributed by atoms with Crippen molar-refractivity contribution in [2.75, 3.05) is 24.9 Å². The molecule has 9 heteroatoms. The molecular weight excluding hydrogens is 556 g/mol. The molecule has 0 aliphatic heterocycles. The zero-order chi connectivity index (χ0) is 28.8. The molecule has 0 bridgehead atoms. The van der Waals surface area contributed by atoms with Gasteiger partial charge >= 0.3 is 5.97 Å². The first-order valence-corrected chi connectivity index (χ1v) is 15.0. The number of carbonyl (C=O) groups is 3. The summed E-state index contributed by atoms with van der Waals surface area (Å²) in [5.41, 5.74) is 3.41. The van der Waals surface area contributed by atoms with Crippen molar-refractivity contribution in [3.05, 3.63) is 106 Å². The Labute approximate surface area is 247 Å². The molecule has 7 nitrogen and oxygen atoms in total. The minimum absolute atomic E-state index is 0.238. The van der Waals surface area contributed by atoms with E-state index >= 15 is 0 Å². The maximum atomic E-state index is 13.8. The molecule has 5 rings (SSSR count). The topological polar surface area (TPSA) is 93.7 Å². The third-order valence-electron chi connectivity index (χ3n) is 6.84. The van der Waals surface area contributed by atoms with Crippen LogP contribution in [0, 0.1) is 0 Å². The van der Waals surface area contributed by atoms with Crippen LogP contribution in [-0.4, -0.2) is 32.0 Å². The quantitative estimate of drug-likeness (QED) is 0.160. The lowest BCUT2D eigenvalue weighted by atomic mass is 9.95. The minimum atomic E-state index is -0.603. The summed E-state index contributed by atoms with van der Waals surface area (Å²) in [6.07, 6.45) is 3.77. The monoisotopic (exact) mass is 586 g/mol. The number of carbonyl (C=O) groups excluding carboxylic acids is 3. The average molecular weight is 587 g/mol. The Balaban J connectivity index is 1.38. The number of benzene rings is 3. The van der Waals surface area contributed by atoms with Crippen molar-refractivity contribution in [2.45, 2.75) is 35.8 Å². The Morgan fingerprint density at radius 1 is 0.878 bits per heavy atom. The number of fused-ring (bicyclic) bond motifs is 1. The zero-order valence-corrected chi connectivity index (χ0v) is 24.4. The van der Waals surface area contributed by atoms with Crippen LogP contribution in [0.5, 0.6) is 5.75 Å². The highest BCUT2D eigenvalue weighted by Gasteiger charge is 2.29. The number of hydrogen-bond donors (Lipinski definition) is 2. The summed E-state index contributed by atoms with van der Waals surface area (Å²) < 4.78 is 10.3. The summed E-state index contributed by atoms with van der Waals surface area (Å²) in [6.45, 7) is 0. The molecule has 1 aromatic heterocycles. The number of rotatable bonds is 9. The zero-order valence-electron chi connectivity index (χ0n) is 22.8. The molecule has 3 aromatic carbocycles. The molecule has 1 heterocycles. The number of hydrogen-bond acceptors (Lipinski definition) is 7. The van der Waals surface area contributed by atoms with E-state index < -0.39 is 11.2 Å². The van der Waals surface area contributed by atoms with Crippen LogP contribution in [0.2, 0.25) is 0 Å². The lowest BCUT2D eigenvalue weighted by Gasteiger charge is -2.18. The van der Waals surface area contributed by atoms with E-state index in [0.29, 0.717) is 27.6 Å². The predicted molar refractivity (Wildman–Crippen MR) is 163 cm³/mol. The van der Waals surface area contributed by atoms with E-state index in [1.54, 1.807) is 31.4 Å². The number of esters is 1. The van der Waals surface area contributed by atoms with Gasteiger partial charge in [-0.3, -0.25) is 9.59 Å². The van der Waals surface area contributed by atoms with Gasteiger partial charge in [0.1, 0.15) is 16.0 Å². The first-order valence-electron chi connectivity index (χ1n) is 13.3. The predicted octanol–water partition coefficient (Wildman–Crippen LogP) is 7.15. The van der Waals surface area contributed by atoms with Crippen LogP contribution in [0.1, 0.15) is 54.8 Å². The molecule has 2 amide bonds. The highest BCUT2D eigenvalue weighted by Crippen LogP contribution is 2.41. The lowest BCUT2D eigenvalue weighted by Crippen LogP contribution is -2.20. The number of thioether (sulfide) groups is 1. The number of amides is 2. The van der Waals surface area contributed by atoms with Gasteiger partial charge in [-0.1, -0.05) is 36.4 Å². The van der Waals surface area contributed by atoms with E-state index in [-0.39, 0.29) is 11.8 Å². The summed E-state index contributed by atoms with van der Waals surface area (Å²) in [7, 11) is 2.94. The van der Waals surface area contributed by atoms with Crippen molar-refractivity contribution in [1.29, 1.82) is 0 Å². The Kier molecular flexibility index (Phi) is 9.06. The normalized spacial score (nSPS) is 13.0. The van der Waals surface area contributed by atoms with Gasteiger partial charge in [0.25, 0.3) is 5.91 Å². The second-order valence-corrected chi connectivity index (χ2v) is 11.8. The van der Waals surface area contributed by atoms with Crippen LogP contribution in [0.4, 0.5) is 10.7 Å². The second-order valence-electron chi connectivity index (χ2n) is 9.51. The van der Waals surface area contributed by atoms with Gasteiger partial charge in [0.05, 0.1) is 19.8 Å². The van der Waals surface area contributed by atoms with Gasteiger partial charge in [0.15, 0.2) is 0 Å². The molecule has 1 unspecified atom stereocenters. The van der Waals surface area contributed by atoms with Gasteiger partial charge in [0.2, 0.25) is 5.91 Å². The standard InChI is InChI=1S/C32H30N2O5S2/c1-38-23-17-15-21(16-18-23)29(35)33-22-11-8-12-24(19-22)40-28(20-9-4-3-5-10-20)30(36)34-31-27(32(37)39-2)25-13-6-7-14-26(25)41-31/h3-5,8-12,15-19,28H,6-7,13-14H2,1-2H3,(H,33,35)(H,34,36). The number of methoxy groups -OCH3 is 2. The first-order chi connectivity index (χ1) is 20.0. The molecule has 210 valence electrons.